The summed E-state index contributed by atoms with van der Waals surface area (Å²) in [5, 5.41) is 4.73. The Morgan fingerprint density at radius 1 is 1.00 bits per heavy atom. The first kappa shape index (κ1) is 23.7. The Labute approximate surface area is 206 Å². The van der Waals surface area contributed by atoms with Gasteiger partial charge in [0.2, 0.25) is 5.88 Å². The summed E-state index contributed by atoms with van der Waals surface area (Å²) in [5.41, 5.74) is 2.39. The second-order valence-corrected chi connectivity index (χ2v) is 8.68. The molecular formula is C28H24F3N3O2. The minimum atomic E-state index is -0.846. The molecule has 4 aromatic rings. The average Bonchev–Trinajstić information content (AvgIpc) is 3.67. The smallest absolute Gasteiger partial charge is 0.254 e. The summed E-state index contributed by atoms with van der Waals surface area (Å²) in [6.07, 6.45) is 2.24. The van der Waals surface area contributed by atoms with Crippen LogP contribution in [0.3, 0.4) is 0 Å². The molecule has 1 aromatic heterocycles. The number of amides is 1. The minimum Gasteiger partial charge on any atom is -0.435 e. The first-order valence-corrected chi connectivity index (χ1v) is 11.8. The largest absolute Gasteiger partial charge is 0.435 e. The second kappa shape index (κ2) is 9.89. The number of carbonyl (C=O) groups excluding carboxylic acids is 1. The summed E-state index contributed by atoms with van der Waals surface area (Å²) in [6.45, 7) is 2.11. The predicted octanol–water partition coefficient (Wildman–Crippen LogP) is 6.45. The van der Waals surface area contributed by atoms with E-state index in [1.165, 1.54) is 30.3 Å². The maximum atomic E-state index is 14.6. The normalized spacial score (nSPS) is 13.0. The zero-order valence-corrected chi connectivity index (χ0v) is 19.6. The molecule has 3 aromatic carbocycles. The number of rotatable bonds is 8. The van der Waals surface area contributed by atoms with Crippen molar-refractivity contribution < 1.29 is 22.7 Å². The highest BCUT2D eigenvalue weighted by Gasteiger charge is 2.35. The van der Waals surface area contributed by atoms with Crippen LogP contribution in [0.2, 0.25) is 0 Å². The molecule has 0 bridgehead atoms. The van der Waals surface area contributed by atoms with Gasteiger partial charge in [-0.25, -0.2) is 17.9 Å². The van der Waals surface area contributed by atoms with E-state index in [-0.39, 0.29) is 30.1 Å². The van der Waals surface area contributed by atoms with Gasteiger partial charge in [0.15, 0.2) is 11.6 Å². The maximum Gasteiger partial charge on any atom is 0.254 e. The van der Waals surface area contributed by atoms with Gasteiger partial charge >= 0.3 is 0 Å². The molecular weight excluding hydrogens is 467 g/mol. The molecule has 1 saturated carbocycles. The van der Waals surface area contributed by atoms with Crippen molar-refractivity contribution in [2.24, 2.45) is 0 Å². The van der Waals surface area contributed by atoms with Crippen molar-refractivity contribution in [1.82, 2.24) is 14.7 Å². The lowest BCUT2D eigenvalue weighted by atomic mass is 10.1. The van der Waals surface area contributed by atoms with Crippen LogP contribution >= 0.6 is 0 Å². The van der Waals surface area contributed by atoms with Crippen LogP contribution < -0.4 is 4.74 Å². The molecule has 36 heavy (non-hydrogen) atoms. The van der Waals surface area contributed by atoms with Crippen molar-refractivity contribution in [3.8, 4) is 17.3 Å². The van der Waals surface area contributed by atoms with Crippen molar-refractivity contribution in [1.29, 1.82) is 0 Å². The number of nitrogens with zero attached hydrogens (tertiary/aromatic N) is 3. The van der Waals surface area contributed by atoms with E-state index in [1.807, 2.05) is 37.3 Å². The monoisotopic (exact) mass is 491 g/mol. The fraction of sp³-hybridized carbons (Fsp3) is 0.214. The summed E-state index contributed by atoms with van der Waals surface area (Å²) in [7, 11) is 0. The molecule has 5 rings (SSSR count). The van der Waals surface area contributed by atoms with Gasteiger partial charge in [0.1, 0.15) is 11.6 Å². The number of carbonyl (C=O) groups is 1. The van der Waals surface area contributed by atoms with E-state index in [0.29, 0.717) is 28.9 Å². The van der Waals surface area contributed by atoms with Gasteiger partial charge in [-0.1, -0.05) is 25.1 Å². The summed E-state index contributed by atoms with van der Waals surface area (Å²) >= 11 is 0. The van der Waals surface area contributed by atoms with Crippen molar-refractivity contribution in [2.75, 3.05) is 0 Å². The molecule has 184 valence electrons. The molecule has 0 saturated heterocycles. The molecule has 0 aliphatic heterocycles. The number of benzene rings is 3. The van der Waals surface area contributed by atoms with E-state index in [2.05, 4.69) is 0 Å². The highest BCUT2D eigenvalue weighted by atomic mass is 19.1. The van der Waals surface area contributed by atoms with Gasteiger partial charge in [-0.15, -0.1) is 0 Å². The lowest BCUT2D eigenvalue weighted by Crippen LogP contribution is -2.33. The summed E-state index contributed by atoms with van der Waals surface area (Å²) in [5.74, 6) is -2.11. The molecule has 0 spiro atoms. The summed E-state index contributed by atoms with van der Waals surface area (Å²) < 4.78 is 49.2. The van der Waals surface area contributed by atoms with Crippen LogP contribution in [0.25, 0.3) is 5.69 Å². The highest BCUT2D eigenvalue weighted by molar-refractivity contribution is 5.94. The summed E-state index contributed by atoms with van der Waals surface area (Å²) in [6, 6.07) is 17.8. The van der Waals surface area contributed by atoms with Gasteiger partial charge in [-0.2, -0.15) is 5.10 Å². The fourth-order valence-electron chi connectivity index (χ4n) is 4.11. The lowest BCUT2D eigenvalue weighted by Gasteiger charge is -2.23. The quantitative estimate of drug-likeness (QED) is 0.285. The highest BCUT2D eigenvalue weighted by Crippen LogP contribution is 2.37. The molecule has 0 atom stereocenters. The van der Waals surface area contributed by atoms with Crippen LogP contribution in [0, 0.1) is 17.5 Å². The minimum absolute atomic E-state index is 0.0303. The fourth-order valence-corrected chi connectivity index (χ4v) is 4.11. The molecule has 1 aliphatic carbocycles. The molecule has 1 fully saturated rings. The number of hydrogen-bond acceptors (Lipinski definition) is 3. The second-order valence-electron chi connectivity index (χ2n) is 8.68. The Balaban J connectivity index is 1.59. The molecule has 1 aliphatic rings. The van der Waals surface area contributed by atoms with Gasteiger partial charge in [-0.05, 0) is 67.8 Å². The molecule has 5 nitrogen and oxygen atoms in total. The number of ether oxygens (including phenoxy) is 1. The average molecular weight is 492 g/mol. The van der Waals surface area contributed by atoms with Gasteiger partial charge in [0, 0.05) is 17.7 Å². The van der Waals surface area contributed by atoms with E-state index in [0.717, 1.165) is 25.0 Å². The van der Waals surface area contributed by atoms with Gasteiger partial charge in [-0.3, -0.25) is 4.79 Å². The van der Waals surface area contributed by atoms with E-state index >= 15 is 0 Å². The van der Waals surface area contributed by atoms with E-state index < -0.39 is 17.5 Å². The Bertz CT molecular complexity index is 1380. The number of hydrogen-bond donors (Lipinski definition) is 0. The molecule has 1 heterocycles. The Morgan fingerprint density at radius 2 is 1.69 bits per heavy atom. The van der Waals surface area contributed by atoms with Crippen molar-refractivity contribution >= 4 is 5.91 Å². The van der Waals surface area contributed by atoms with Crippen LogP contribution in [0.1, 0.15) is 41.4 Å². The Morgan fingerprint density at radius 3 is 2.33 bits per heavy atom. The first-order chi connectivity index (χ1) is 17.4. The zero-order valence-electron chi connectivity index (χ0n) is 19.6. The lowest BCUT2D eigenvalue weighted by molar-refractivity contribution is 0.0728. The van der Waals surface area contributed by atoms with Gasteiger partial charge in [0.05, 0.1) is 23.5 Å². The maximum absolute atomic E-state index is 14.6. The van der Waals surface area contributed by atoms with Crippen molar-refractivity contribution in [2.45, 2.75) is 38.8 Å². The molecule has 0 unspecified atom stereocenters. The van der Waals surface area contributed by atoms with Crippen molar-refractivity contribution in [3.05, 3.63) is 107 Å². The Kier molecular flexibility index (Phi) is 6.50. The third-order valence-electron chi connectivity index (χ3n) is 6.12. The summed E-state index contributed by atoms with van der Waals surface area (Å²) in [4.78, 5) is 15.1. The van der Waals surface area contributed by atoms with E-state index in [1.54, 1.807) is 9.58 Å². The van der Waals surface area contributed by atoms with Crippen LogP contribution in [-0.4, -0.2) is 26.6 Å². The van der Waals surface area contributed by atoms with Gasteiger partial charge < -0.3 is 9.64 Å². The van der Waals surface area contributed by atoms with E-state index in [9.17, 15) is 18.0 Å². The molecule has 8 heteroatoms. The number of aromatic nitrogens is 2. The third-order valence-corrected chi connectivity index (χ3v) is 6.12. The van der Waals surface area contributed by atoms with Crippen LogP contribution in [0.15, 0.2) is 72.8 Å². The van der Waals surface area contributed by atoms with E-state index in [4.69, 9.17) is 9.84 Å². The van der Waals surface area contributed by atoms with Crippen LogP contribution in [0.5, 0.6) is 11.6 Å². The number of halogens is 3. The number of aryl methyl sites for hydroxylation is 1. The SMILES string of the molecule is CCc1nn(-c2ccccc2)c(Oc2ccc(F)cc2F)c1CN(C(=O)c1ccc(F)cc1)C1CC1. The van der Waals surface area contributed by atoms with Gasteiger partial charge in [0.25, 0.3) is 5.91 Å². The molecule has 0 radical (unpaired) electrons. The zero-order chi connectivity index (χ0) is 25.2. The Hall–Kier alpha value is -4.07. The molecule has 0 N–H and O–H groups in total. The standard InChI is InChI=1S/C28H24F3N3O2/c1-2-25-23(17-33(21-13-14-21)27(35)18-8-10-19(29)11-9-18)28(34(32-25)22-6-4-3-5-7-22)36-26-15-12-20(30)16-24(26)31/h3-12,15-16,21H,2,13-14,17H2,1H3. The van der Waals surface area contributed by atoms with Crippen LogP contribution in [-0.2, 0) is 13.0 Å². The van der Waals surface area contributed by atoms with Crippen molar-refractivity contribution in [3.63, 3.8) is 0 Å². The molecule has 1 amide bonds. The predicted molar refractivity (Wildman–Crippen MR) is 129 cm³/mol. The third kappa shape index (κ3) is 4.84. The van der Waals surface area contributed by atoms with Crippen LogP contribution in [0.4, 0.5) is 13.2 Å². The first-order valence-electron chi connectivity index (χ1n) is 11.8. The topological polar surface area (TPSA) is 47.4 Å². The number of para-hydroxylation sites is 1.